The third-order valence-corrected chi connectivity index (χ3v) is 3.61. The van der Waals surface area contributed by atoms with Gasteiger partial charge in [0.1, 0.15) is 0 Å². The maximum absolute atomic E-state index is 12.4. The van der Waals surface area contributed by atoms with Gasteiger partial charge < -0.3 is 5.32 Å². The molecule has 3 heteroatoms. The number of benzene rings is 1. The average molecular weight is 310 g/mol. The second-order valence-corrected chi connectivity index (χ2v) is 8.48. The molecule has 1 rings (SSSR count). The zero-order chi connectivity index (χ0) is 16.3. The van der Waals surface area contributed by atoms with Gasteiger partial charge in [-0.2, -0.15) is 0 Å². The summed E-state index contributed by atoms with van der Waals surface area (Å²) in [7, 11) is 0. The first-order chi connectivity index (χ1) is 9.50. The summed E-state index contributed by atoms with van der Waals surface area (Å²) in [4.78, 5) is 12.4. The summed E-state index contributed by atoms with van der Waals surface area (Å²) >= 11 is 6.31. The number of rotatable bonds is 4. The molecule has 0 aliphatic heterocycles. The molecule has 0 bridgehead atoms. The van der Waals surface area contributed by atoms with Crippen LogP contribution in [-0.2, 0) is 5.41 Å². The molecular formula is C18H28ClNO. The fraction of sp³-hybridized carbons (Fsp3) is 0.611. The molecule has 1 N–H and O–H groups in total. The van der Waals surface area contributed by atoms with Gasteiger partial charge in [0.15, 0.2) is 0 Å². The first kappa shape index (κ1) is 18.0. The van der Waals surface area contributed by atoms with Gasteiger partial charge in [0, 0.05) is 12.1 Å². The maximum atomic E-state index is 12.4. The van der Waals surface area contributed by atoms with Crippen LogP contribution in [0.2, 0.25) is 0 Å². The van der Waals surface area contributed by atoms with E-state index in [0.717, 1.165) is 17.5 Å². The van der Waals surface area contributed by atoms with Crippen molar-refractivity contribution in [3.8, 4) is 0 Å². The van der Waals surface area contributed by atoms with Gasteiger partial charge >= 0.3 is 0 Å². The first-order valence-electron chi connectivity index (χ1n) is 7.52. The molecule has 118 valence electrons. The highest BCUT2D eigenvalue weighted by molar-refractivity contribution is 6.21. The van der Waals surface area contributed by atoms with E-state index in [1.54, 1.807) is 0 Å². The predicted octanol–water partition coefficient (Wildman–Crippen LogP) is 4.76. The largest absolute Gasteiger partial charge is 0.351 e. The molecule has 0 aliphatic carbocycles. The summed E-state index contributed by atoms with van der Waals surface area (Å²) in [6, 6.07) is 7.77. The number of carbonyl (C=O) groups is 1. The summed E-state index contributed by atoms with van der Waals surface area (Å²) in [6.45, 7) is 13.3. The van der Waals surface area contributed by atoms with E-state index in [9.17, 15) is 4.79 Å². The van der Waals surface area contributed by atoms with Gasteiger partial charge in [0.05, 0.1) is 5.38 Å². The highest BCUT2D eigenvalue weighted by Crippen LogP contribution is 2.26. The zero-order valence-corrected chi connectivity index (χ0v) is 14.8. The van der Waals surface area contributed by atoms with Gasteiger partial charge in [-0.3, -0.25) is 4.79 Å². The highest BCUT2D eigenvalue weighted by atomic mass is 35.5. The van der Waals surface area contributed by atoms with Crippen LogP contribution in [0.15, 0.2) is 24.3 Å². The molecule has 1 atom stereocenters. The molecule has 0 heterocycles. The summed E-state index contributed by atoms with van der Waals surface area (Å²) < 4.78 is 0. The van der Waals surface area contributed by atoms with Gasteiger partial charge in [0.25, 0.3) is 5.91 Å². The maximum Gasteiger partial charge on any atom is 0.251 e. The Balaban J connectivity index is 2.73. The first-order valence-corrected chi connectivity index (χ1v) is 7.96. The van der Waals surface area contributed by atoms with Crippen LogP contribution >= 0.6 is 11.6 Å². The molecule has 0 saturated heterocycles. The number of hydrogen-bond acceptors (Lipinski definition) is 1. The van der Waals surface area contributed by atoms with E-state index in [-0.39, 0.29) is 22.1 Å². The lowest BCUT2D eigenvalue weighted by Gasteiger charge is -2.24. The van der Waals surface area contributed by atoms with Crippen molar-refractivity contribution >= 4 is 17.5 Å². The molecule has 1 aromatic carbocycles. The minimum Gasteiger partial charge on any atom is -0.351 e. The van der Waals surface area contributed by atoms with Crippen molar-refractivity contribution in [1.29, 1.82) is 0 Å². The van der Waals surface area contributed by atoms with Crippen LogP contribution in [0.1, 0.15) is 63.9 Å². The molecule has 0 aliphatic rings. The van der Waals surface area contributed by atoms with Gasteiger partial charge in [-0.15, -0.1) is 11.6 Å². The minimum atomic E-state index is -0.0558. The normalized spacial score (nSPS) is 13.9. The van der Waals surface area contributed by atoms with Crippen LogP contribution in [-0.4, -0.2) is 17.8 Å². The van der Waals surface area contributed by atoms with Crippen molar-refractivity contribution in [1.82, 2.24) is 5.32 Å². The highest BCUT2D eigenvalue weighted by Gasteiger charge is 2.22. The van der Waals surface area contributed by atoms with Crippen molar-refractivity contribution in [2.45, 2.75) is 58.8 Å². The molecule has 21 heavy (non-hydrogen) atoms. The van der Waals surface area contributed by atoms with Crippen LogP contribution in [0.5, 0.6) is 0 Å². The molecule has 2 nitrogen and oxygen atoms in total. The van der Waals surface area contributed by atoms with Crippen LogP contribution < -0.4 is 5.32 Å². The van der Waals surface area contributed by atoms with Crippen LogP contribution in [0.25, 0.3) is 0 Å². The summed E-state index contributed by atoms with van der Waals surface area (Å²) in [5.74, 6) is -0.0416. The van der Waals surface area contributed by atoms with E-state index in [2.05, 4.69) is 46.9 Å². The minimum absolute atomic E-state index is 0.0416. The quantitative estimate of drug-likeness (QED) is 0.798. The summed E-state index contributed by atoms with van der Waals surface area (Å²) in [5.41, 5.74) is 1.91. The molecule has 0 fully saturated rings. The van der Waals surface area contributed by atoms with E-state index < -0.39 is 0 Å². The van der Waals surface area contributed by atoms with Crippen LogP contribution in [0.3, 0.4) is 0 Å². The summed E-state index contributed by atoms with van der Waals surface area (Å²) in [6.07, 6.45) is 0.871. The Kier molecular flexibility index (Phi) is 5.86. The van der Waals surface area contributed by atoms with Crippen molar-refractivity contribution in [2.75, 3.05) is 6.54 Å². The number of amides is 1. The second kappa shape index (κ2) is 6.83. The Morgan fingerprint density at radius 3 is 2.24 bits per heavy atom. The van der Waals surface area contributed by atoms with Crippen molar-refractivity contribution in [2.24, 2.45) is 5.41 Å². The van der Waals surface area contributed by atoms with Gasteiger partial charge in [-0.05, 0) is 28.9 Å². The number of alkyl halides is 1. The van der Waals surface area contributed by atoms with Crippen molar-refractivity contribution < 1.29 is 4.79 Å². The van der Waals surface area contributed by atoms with Gasteiger partial charge in [-0.25, -0.2) is 0 Å². The lowest BCUT2D eigenvalue weighted by atomic mass is 9.83. The van der Waals surface area contributed by atoms with E-state index in [0.29, 0.717) is 6.54 Å². The van der Waals surface area contributed by atoms with E-state index in [4.69, 9.17) is 11.6 Å². The monoisotopic (exact) mass is 309 g/mol. The third-order valence-electron chi connectivity index (χ3n) is 3.30. The molecule has 1 unspecified atom stereocenters. The SMILES string of the molecule is CC(C)(C)CC(Cl)CNC(=O)c1ccccc1C(C)(C)C. The Labute approximate surface area is 134 Å². The van der Waals surface area contributed by atoms with E-state index in [1.807, 2.05) is 24.3 Å². The molecule has 1 amide bonds. The zero-order valence-electron chi connectivity index (χ0n) is 14.1. The fourth-order valence-corrected chi connectivity index (χ4v) is 2.91. The Bertz CT molecular complexity index is 483. The third kappa shape index (κ3) is 6.09. The van der Waals surface area contributed by atoms with Gasteiger partial charge in [-0.1, -0.05) is 59.7 Å². The lowest BCUT2D eigenvalue weighted by molar-refractivity contribution is 0.0949. The molecule has 0 radical (unpaired) electrons. The Hall–Kier alpha value is -1.02. The number of carbonyl (C=O) groups excluding carboxylic acids is 1. The molecule has 0 aromatic heterocycles. The van der Waals surface area contributed by atoms with Gasteiger partial charge in [0.2, 0.25) is 0 Å². The second-order valence-electron chi connectivity index (χ2n) is 7.87. The Morgan fingerprint density at radius 2 is 1.71 bits per heavy atom. The predicted molar refractivity (Wildman–Crippen MR) is 91.2 cm³/mol. The average Bonchev–Trinajstić information content (AvgIpc) is 2.33. The van der Waals surface area contributed by atoms with Crippen molar-refractivity contribution in [3.05, 3.63) is 35.4 Å². The lowest BCUT2D eigenvalue weighted by Crippen LogP contribution is -2.33. The smallest absolute Gasteiger partial charge is 0.251 e. The van der Waals surface area contributed by atoms with Crippen LogP contribution in [0, 0.1) is 5.41 Å². The van der Waals surface area contributed by atoms with E-state index in [1.165, 1.54) is 0 Å². The fourth-order valence-electron chi connectivity index (χ4n) is 2.37. The van der Waals surface area contributed by atoms with Crippen molar-refractivity contribution in [3.63, 3.8) is 0 Å². The van der Waals surface area contributed by atoms with Crippen LogP contribution in [0.4, 0.5) is 0 Å². The topological polar surface area (TPSA) is 29.1 Å². The number of nitrogens with one attached hydrogen (secondary N) is 1. The molecule has 0 saturated carbocycles. The molecule has 1 aromatic rings. The summed E-state index contributed by atoms with van der Waals surface area (Å²) in [5, 5.41) is 2.92. The standard InChI is InChI=1S/C18H28ClNO/c1-17(2,3)11-13(19)12-20-16(21)14-9-7-8-10-15(14)18(4,5)6/h7-10,13H,11-12H2,1-6H3,(H,20,21). The molecule has 0 spiro atoms. The number of hydrogen-bond donors (Lipinski definition) is 1. The Morgan fingerprint density at radius 1 is 1.14 bits per heavy atom. The number of halogens is 1. The molecular weight excluding hydrogens is 282 g/mol. The van der Waals surface area contributed by atoms with E-state index >= 15 is 0 Å².